The molecule has 7 nitrogen and oxygen atoms in total. The molecule has 20 heavy (non-hydrogen) atoms. The van der Waals surface area contributed by atoms with Crippen LogP contribution in [0.3, 0.4) is 0 Å². The van der Waals surface area contributed by atoms with Crippen LogP contribution in [-0.4, -0.2) is 40.7 Å². The Morgan fingerprint density at radius 2 is 2.35 bits per heavy atom. The van der Waals surface area contributed by atoms with Crippen molar-refractivity contribution in [1.82, 2.24) is 19.9 Å². The molecular formula is C13H19N5O2. The Bertz CT molecular complexity index is 622. The summed E-state index contributed by atoms with van der Waals surface area (Å²) in [7, 11) is 1.59. The first kappa shape index (κ1) is 14.3. The van der Waals surface area contributed by atoms with Gasteiger partial charge in [-0.2, -0.15) is 0 Å². The minimum Gasteiger partial charge on any atom is -0.383 e. The van der Waals surface area contributed by atoms with Gasteiger partial charge in [0, 0.05) is 19.9 Å². The molecule has 0 spiro atoms. The number of aromatic nitrogens is 3. The molecule has 0 saturated heterocycles. The van der Waals surface area contributed by atoms with Crippen molar-refractivity contribution < 1.29 is 9.53 Å². The van der Waals surface area contributed by atoms with Gasteiger partial charge in [0.15, 0.2) is 5.65 Å². The van der Waals surface area contributed by atoms with Crippen LogP contribution in [0.1, 0.15) is 18.5 Å². The van der Waals surface area contributed by atoms with Gasteiger partial charge in [0.1, 0.15) is 11.6 Å². The zero-order valence-corrected chi connectivity index (χ0v) is 11.9. The molecule has 7 heteroatoms. The second-order valence-corrected chi connectivity index (χ2v) is 4.60. The van der Waals surface area contributed by atoms with Crippen LogP contribution in [0.15, 0.2) is 12.3 Å². The van der Waals surface area contributed by atoms with Crippen molar-refractivity contribution in [2.45, 2.75) is 19.9 Å². The molecule has 0 bridgehead atoms. The van der Waals surface area contributed by atoms with E-state index in [1.165, 1.54) is 0 Å². The fourth-order valence-electron chi connectivity index (χ4n) is 2.05. The average Bonchev–Trinajstić information content (AvgIpc) is 2.76. The van der Waals surface area contributed by atoms with Crippen LogP contribution in [0.25, 0.3) is 11.2 Å². The molecular weight excluding hydrogens is 258 g/mol. The highest BCUT2D eigenvalue weighted by molar-refractivity contribution is 5.84. The lowest BCUT2D eigenvalue weighted by Crippen LogP contribution is -2.33. The number of carbonyl (C=O) groups excluding carboxylic acids is 1. The number of rotatable bonds is 5. The van der Waals surface area contributed by atoms with Crippen LogP contribution in [0.5, 0.6) is 0 Å². The summed E-state index contributed by atoms with van der Waals surface area (Å²) in [6.45, 7) is 4.63. The van der Waals surface area contributed by atoms with E-state index < -0.39 is 6.04 Å². The van der Waals surface area contributed by atoms with Crippen molar-refractivity contribution in [2.75, 3.05) is 26.0 Å². The highest BCUT2D eigenvalue weighted by atomic mass is 16.5. The Morgan fingerprint density at radius 3 is 3.05 bits per heavy atom. The Kier molecular flexibility index (Phi) is 4.19. The van der Waals surface area contributed by atoms with Crippen LogP contribution >= 0.6 is 0 Å². The highest BCUT2D eigenvalue weighted by Crippen LogP contribution is 2.23. The summed E-state index contributed by atoms with van der Waals surface area (Å²) in [6.07, 6.45) is 1.69. The minimum atomic E-state index is -0.480. The Hall–Kier alpha value is -2.15. The van der Waals surface area contributed by atoms with E-state index in [-0.39, 0.29) is 11.9 Å². The molecule has 0 saturated carbocycles. The quantitative estimate of drug-likeness (QED) is 0.782. The predicted molar refractivity (Wildman–Crippen MR) is 76.3 cm³/mol. The molecule has 3 N–H and O–H groups in total. The zero-order chi connectivity index (χ0) is 14.7. The van der Waals surface area contributed by atoms with E-state index in [9.17, 15) is 4.79 Å². The summed E-state index contributed by atoms with van der Waals surface area (Å²) in [5, 5.41) is 2.78. The largest absolute Gasteiger partial charge is 0.383 e. The van der Waals surface area contributed by atoms with Crippen molar-refractivity contribution in [3.8, 4) is 0 Å². The van der Waals surface area contributed by atoms with Gasteiger partial charge < -0.3 is 15.8 Å². The third kappa shape index (κ3) is 2.57. The third-order valence-electron chi connectivity index (χ3n) is 3.18. The number of nitrogens with one attached hydrogen (secondary N) is 1. The number of aryl methyl sites for hydroxylation is 1. The lowest BCUT2D eigenvalue weighted by Gasteiger charge is -2.15. The number of ether oxygens (including phenoxy) is 1. The minimum absolute atomic E-state index is 0.142. The summed E-state index contributed by atoms with van der Waals surface area (Å²) in [5.74, 6) is 0.146. The fraction of sp³-hybridized carbons (Fsp3) is 0.462. The lowest BCUT2D eigenvalue weighted by molar-refractivity contribution is -0.123. The number of nitrogen functional groups attached to an aromatic ring is 1. The van der Waals surface area contributed by atoms with Crippen molar-refractivity contribution in [3.05, 3.63) is 17.8 Å². The smallest absolute Gasteiger partial charge is 0.243 e. The van der Waals surface area contributed by atoms with Gasteiger partial charge in [-0.05, 0) is 25.5 Å². The number of anilines is 1. The highest BCUT2D eigenvalue weighted by Gasteiger charge is 2.21. The number of hydrogen-bond donors (Lipinski definition) is 2. The molecule has 0 aromatic carbocycles. The van der Waals surface area contributed by atoms with Crippen molar-refractivity contribution in [1.29, 1.82) is 0 Å². The van der Waals surface area contributed by atoms with Gasteiger partial charge in [-0.3, -0.25) is 9.36 Å². The zero-order valence-electron chi connectivity index (χ0n) is 11.9. The number of hydrogen-bond acceptors (Lipinski definition) is 5. The van der Waals surface area contributed by atoms with Crippen LogP contribution < -0.4 is 11.1 Å². The third-order valence-corrected chi connectivity index (χ3v) is 3.18. The van der Waals surface area contributed by atoms with Gasteiger partial charge in [0.05, 0.1) is 6.61 Å². The Morgan fingerprint density at radius 1 is 1.60 bits per heavy atom. The summed E-state index contributed by atoms with van der Waals surface area (Å²) < 4.78 is 6.54. The molecule has 0 aliphatic heterocycles. The van der Waals surface area contributed by atoms with E-state index in [0.29, 0.717) is 18.8 Å². The molecule has 1 unspecified atom stereocenters. The Balaban J connectivity index is 2.30. The monoisotopic (exact) mass is 277 g/mol. The average molecular weight is 277 g/mol. The molecule has 2 rings (SSSR count). The molecule has 2 aromatic heterocycles. The first-order valence-electron chi connectivity index (χ1n) is 6.42. The summed E-state index contributed by atoms with van der Waals surface area (Å²) in [5.41, 5.74) is 8.25. The first-order chi connectivity index (χ1) is 9.56. The molecule has 1 atom stereocenters. The van der Waals surface area contributed by atoms with E-state index in [1.807, 2.05) is 13.0 Å². The van der Waals surface area contributed by atoms with E-state index in [0.717, 1.165) is 11.1 Å². The van der Waals surface area contributed by atoms with E-state index in [2.05, 4.69) is 15.3 Å². The van der Waals surface area contributed by atoms with Gasteiger partial charge in [-0.15, -0.1) is 0 Å². The van der Waals surface area contributed by atoms with Crippen molar-refractivity contribution >= 4 is 23.0 Å². The summed E-state index contributed by atoms with van der Waals surface area (Å²) in [4.78, 5) is 20.7. The van der Waals surface area contributed by atoms with E-state index in [4.69, 9.17) is 10.5 Å². The molecule has 0 aliphatic rings. The SMILES string of the molecule is COCCNC(=O)C(C)n1c(N)nc2c(C)ccnc21. The van der Waals surface area contributed by atoms with Crippen molar-refractivity contribution in [2.24, 2.45) is 0 Å². The molecule has 0 aliphatic carbocycles. The maximum absolute atomic E-state index is 12.1. The van der Waals surface area contributed by atoms with Gasteiger partial charge in [-0.1, -0.05) is 0 Å². The summed E-state index contributed by atoms with van der Waals surface area (Å²) in [6, 6.07) is 1.38. The number of fused-ring (bicyclic) bond motifs is 1. The number of nitrogens with zero attached hydrogens (tertiary/aromatic N) is 3. The van der Waals surface area contributed by atoms with Gasteiger partial charge in [0.2, 0.25) is 11.9 Å². The van der Waals surface area contributed by atoms with E-state index in [1.54, 1.807) is 24.8 Å². The van der Waals surface area contributed by atoms with Crippen LogP contribution in [0.4, 0.5) is 5.95 Å². The van der Waals surface area contributed by atoms with E-state index >= 15 is 0 Å². The number of carbonyl (C=O) groups is 1. The molecule has 0 fully saturated rings. The first-order valence-corrected chi connectivity index (χ1v) is 6.42. The van der Waals surface area contributed by atoms with Crippen LogP contribution in [-0.2, 0) is 9.53 Å². The number of imidazole rings is 1. The van der Waals surface area contributed by atoms with Gasteiger partial charge in [-0.25, -0.2) is 9.97 Å². The van der Waals surface area contributed by atoms with Crippen LogP contribution in [0.2, 0.25) is 0 Å². The van der Waals surface area contributed by atoms with Crippen molar-refractivity contribution in [3.63, 3.8) is 0 Å². The maximum atomic E-state index is 12.1. The van der Waals surface area contributed by atoms with Crippen LogP contribution in [0, 0.1) is 6.92 Å². The second kappa shape index (κ2) is 5.87. The van der Waals surface area contributed by atoms with Gasteiger partial charge >= 0.3 is 0 Å². The maximum Gasteiger partial charge on any atom is 0.243 e. The molecule has 1 amide bonds. The fourth-order valence-corrected chi connectivity index (χ4v) is 2.05. The molecule has 2 aromatic rings. The molecule has 108 valence electrons. The number of methoxy groups -OCH3 is 1. The summed E-state index contributed by atoms with van der Waals surface area (Å²) >= 11 is 0. The number of amides is 1. The number of nitrogens with two attached hydrogens (primary N) is 1. The van der Waals surface area contributed by atoms with Gasteiger partial charge in [0.25, 0.3) is 0 Å². The standard InChI is InChI=1S/C13H19N5O2/c1-8-4-5-15-11-10(8)17-13(14)18(11)9(2)12(19)16-6-7-20-3/h4-5,9H,6-7H2,1-3H3,(H2,14,17)(H,16,19). The molecule has 2 heterocycles. The molecule has 0 radical (unpaired) electrons. The lowest BCUT2D eigenvalue weighted by atomic mass is 10.2. The topological polar surface area (TPSA) is 95.1 Å². The number of pyridine rings is 1. The second-order valence-electron chi connectivity index (χ2n) is 4.60. The Labute approximate surface area is 117 Å². The normalized spacial score (nSPS) is 12.6. The predicted octanol–water partition coefficient (Wildman–Crippen LogP) is 0.646.